The van der Waals surface area contributed by atoms with E-state index in [1.54, 1.807) is 4.68 Å². The normalized spacial score (nSPS) is 12.0. The van der Waals surface area contributed by atoms with Gasteiger partial charge in [0.25, 0.3) is 0 Å². The van der Waals surface area contributed by atoms with E-state index in [0.717, 1.165) is 21.3 Å². The standard InChI is InChI=1S/C19H20BrN5OS/c1-12-4-9-17(13(2)10-12)25-19(22-23-24-25)27-11-18(26)21-14(3)15-5-7-16(20)8-6-15/h4-10,14H,11H2,1-3H3,(H,21,26). The molecule has 0 aliphatic heterocycles. The molecule has 3 rings (SSSR count). The topological polar surface area (TPSA) is 72.7 Å². The second-order valence-electron chi connectivity index (χ2n) is 6.29. The molecule has 1 unspecified atom stereocenters. The van der Waals surface area contributed by atoms with Crippen molar-refractivity contribution in [1.29, 1.82) is 0 Å². The van der Waals surface area contributed by atoms with E-state index in [2.05, 4.69) is 42.8 Å². The van der Waals surface area contributed by atoms with Crippen LogP contribution >= 0.6 is 27.7 Å². The fraction of sp³-hybridized carbons (Fsp3) is 0.263. The van der Waals surface area contributed by atoms with Crippen LogP contribution in [0.2, 0.25) is 0 Å². The van der Waals surface area contributed by atoms with Crippen molar-refractivity contribution in [1.82, 2.24) is 25.5 Å². The summed E-state index contributed by atoms with van der Waals surface area (Å²) in [5.41, 5.74) is 4.23. The maximum Gasteiger partial charge on any atom is 0.230 e. The van der Waals surface area contributed by atoms with Crippen LogP contribution in [0.5, 0.6) is 0 Å². The molecule has 0 saturated heterocycles. The van der Waals surface area contributed by atoms with Gasteiger partial charge >= 0.3 is 0 Å². The average molecular weight is 446 g/mol. The monoisotopic (exact) mass is 445 g/mol. The minimum atomic E-state index is -0.0680. The van der Waals surface area contributed by atoms with Crippen molar-refractivity contribution in [3.8, 4) is 5.69 Å². The molecule has 0 aliphatic carbocycles. The molecule has 3 aromatic rings. The molecule has 0 fully saturated rings. The van der Waals surface area contributed by atoms with Crippen molar-refractivity contribution in [2.75, 3.05) is 5.75 Å². The largest absolute Gasteiger partial charge is 0.349 e. The number of hydrogen-bond donors (Lipinski definition) is 1. The average Bonchev–Trinajstić information content (AvgIpc) is 3.09. The van der Waals surface area contributed by atoms with Gasteiger partial charge in [0.1, 0.15) is 0 Å². The summed E-state index contributed by atoms with van der Waals surface area (Å²) in [4.78, 5) is 12.3. The lowest BCUT2D eigenvalue weighted by Crippen LogP contribution is -2.28. The van der Waals surface area contributed by atoms with Crippen molar-refractivity contribution < 1.29 is 4.79 Å². The van der Waals surface area contributed by atoms with E-state index >= 15 is 0 Å². The molecule has 0 spiro atoms. The molecule has 0 radical (unpaired) electrons. The molecule has 0 saturated carbocycles. The van der Waals surface area contributed by atoms with Crippen molar-refractivity contribution in [2.45, 2.75) is 32.0 Å². The summed E-state index contributed by atoms with van der Waals surface area (Å²) < 4.78 is 2.68. The van der Waals surface area contributed by atoms with Crippen molar-refractivity contribution >= 4 is 33.6 Å². The van der Waals surface area contributed by atoms with E-state index in [1.165, 1.54) is 17.3 Å². The molecule has 8 heteroatoms. The highest BCUT2D eigenvalue weighted by molar-refractivity contribution is 9.10. The second kappa shape index (κ2) is 8.67. The summed E-state index contributed by atoms with van der Waals surface area (Å²) in [7, 11) is 0. The summed E-state index contributed by atoms with van der Waals surface area (Å²) in [5.74, 6) is 0.178. The predicted octanol–water partition coefficient (Wildman–Crippen LogP) is 4.01. The van der Waals surface area contributed by atoms with E-state index in [0.29, 0.717) is 5.16 Å². The third-order valence-corrected chi connectivity index (χ3v) is 5.55. The van der Waals surface area contributed by atoms with Crippen molar-refractivity contribution in [2.24, 2.45) is 0 Å². The van der Waals surface area contributed by atoms with Crippen LogP contribution in [0.15, 0.2) is 52.1 Å². The number of nitrogens with one attached hydrogen (secondary N) is 1. The van der Waals surface area contributed by atoms with Gasteiger partial charge < -0.3 is 5.32 Å². The van der Waals surface area contributed by atoms with Crippen LogP contribution in [0.3, 0.4) is 0 Å². The zero-order valence-electron chi connectivity index (χ0n) is 15.3. The number of hydrogen-bond acceptors (Lipinski definition) is 5. The molecule has 0 bridgehead atoms. The van der Waals surface area contributed by atoms with Crippen LogP contribution in [-0.4, -0.2) is 31.9 Å². The first-order valence-corrected chi connectivity index (χ1v) is 10.3. The van der Waals surface area contributed by atoms with Gasteiger partial charge in [0, 0.05) is 4.47 Å². The summed E-state index contributed by atoms with van der Waals surface area (Å²) in [5, 5.41) is 15.5. The lowest BCUT2D eigenvalue weighted by atomic mass is 10.1. The Kier molecular flexibility index (Phi) is 6.28. The number of thioether (sulfide) groups is 1. The first kappa shape index (κ1) is 19.6. The Hall–Kier alpha value is -2.19. The van der Waals surface area contributed by atoms with E-state index in [1.807, 2.05) is 57.2 Å². The Bertz CT molecular complexity index is 942. The van der Waals surface area contributed by atoms with Crippen molar-refractivity contribution in [3.63, 3.8) is 0 Å². The smallest absolute Gasteiger partial charge is 0.230 e. The fourth-order valence-corrected chi connectivity index (χ4v) is 3.67. The number of carbonyl (C=O) groups is 1. The molecule has 1 heterocycles. The number of nitrogens with zero attached hydrogens (tertiary/aromatic N) is 4. The number of rotatable bonds is 6. The number of tetrazole rings is 1. The maximum atomic E-state index is 12.3. The third-order valence-electron chi connectivity index (χ3n) is 4.10. The second-order valence-corrected chi connectivity index (χ2v) is 8.15. The van der Waals surface area contributed by atoms with E-state index in [9.17, 15) is 4.79 Å². The highest BCUT2D eigenvalue weighted by Gasteiger charge is 2.15. The van der Waals surface area contributed by atoms with Gasteiger partial charge in [-0.3, -0.25) is 4.79 Å². The Morgan fingerprint density at radius 3 is 2.67 bits per heavy atom. The van der Waals surface area contributed by atoms with E-state index < -0.39 is 0 Å². The van der Waals surface area contributed by atoms with E-state index in [-0.39, 0.29) is 17.7 Å². The van der Waals surface area contributed by atoms with Gasteiger partial charge in [-0.15, -0.1) is 5.10 Å². The number of aryl methyl sites for hydroxylation is 2. The van der Waals surface area contributed by atoms with Gasteiger partial charge in [-0.25, -0.2) is 0 Å². The molecule has 1 aromatic heterocycles. The van der Waals surface area contributed by atoms with Gasteiger partial charge in [-0.1, -0.05) is 57.5 Å². The SMILES string of the molecule is Cc1ccc(-n2nnnc2SCC(=O)NC(C)c2ccc(Br)cc2)c(C)c1. The minimum absolute atomic E-state index is 0.0643. The molecule has 1 amide bonds. The summed E-state index contributed by atoms with van der Waals surface area (Å²) in [6, 6.07) is 13.9. The van der Waals surface area contributed by atoms with E-state index in [4.69, 9.17) is 0 Å². The maximum absolute atomic E-state index is 12.3. The zero-order chi connectivity index (χ0) is 19.4. The third kappa shape index (κ3) is 4.95. The number of halogens is 1. The lowest BCUT2D eigenvalue weighted by Gasteiger charge is -2.14. The molecule has 6 nitrogen and oxygen atoms in total. The summed E-state index contributed by atoms with van der Waals surface area (Å²) in [6.45, 7) is 6.03. The Morgan fingerprint density at radius 2 is 1.96 bits per heavy atom. The fourth-order valence-electron chi connectivity index (χ4n) is 2.71. The number of benzene rings is 2. The lowest BCUT2D eigenvalue weighted by molar-refractivity contribution is -0.119. The number of aromatic nitrogens is 4. The summed E-state index contributed by atoms with van der Waals surface area (Å²) in [6.07, 6.45) is 0. The van der Waals surface area contributed by atoms with Gasteiger partial charge in [-0.05, 0) is 60.5 Å². The molecule has 140 valence electrons. The Balaban J connectivity index is 1.63. The van der Waals surface area contributed by atoms with Crippen LogP contribution in [0.4, 0.5) is 0 Å². The first-order chi connectivity index (χ1) is 12.9. The molecule has 1 atom stereocenters. The number of carbonyl (C=O) groups excluding carboxylic acids is 1. The van der Waals surface area contributed by atoms with Gasteiger partial charge in [-0.2, -0.15) is 4.68 Å². The van der Waals surface area contributed by atoms with Gasteiger partial charge in [0.15, 0.2) is 0 Å². The molecular formula is C19H20BrN5OS. The van der Waals surface area contributed by atoms with Crippen LogP contribution in [0, 0.1) is 13.8 Å². The highest BCUT2D eigenvalue weighted by atomic mass is 79.9. The summed E-state index contributed by atoms with van der Waals surface area (Å²) >= 11 is 4.73. The Morgan fingerprint density at radius 1 is 1.22 bits per heavy atom. The van der Waals surface area contributed by atoms with Gasteiger partial charge in [0.05, 0.1) is 17.5 Å². The molecule has 1 N–H and O–H groups in total. The number of amides is 1. The van der Waals surface area contributed by atoms with Crippen LogP contribution < -0.4 is 5.32 Å². The molecule has 0 aliphatic rings. The first-order valence-electron chi connectivity index (χ1n) is 8.47. The van der Waals surface area contributed by atoms with Gasteiger partial charge in [0.2, 0.25) is 11.1 Å². The van der Waals surface area contributed by atoms with Crippen LogP contribution in [-0.2, 0) is 4.79 Å². The predicted molar refractivity (Wildman–Crippen MR) is 110 cm³/mol. The highest BCUT2D eigenvalue weighted by Crippen LogP contribution is 2.22. The van der Waals surface area contributed by atoms with Crippen LogP contribution in [0.25, 0.3) is 5.69 Å². The Labute approximate surface area is 170 Å². The van der Waals surface area contributed by atoms with Crippen LogP contribution in [0.1, 0.15) is 29.7 Å². The zero-order valence-corrected chi connectivity index (χ0v) is 17.7. The van der Waals surface area contributed by atoms with Crippen molar-refractivity contribution in [3.05, 3.63) is 63.6 Å². The minimum Gasteiger partial charge on any atom is -0.349 e. The molecule has 27 heavy (non-hydrogen) atoms. The molecular weight excluding hydrogens is 426 g/mol. The quantitative estimate of drug-likeness (QED) is 0.580. The molecule has 2 aromatic carbocycles.